The van der Waals surface area contributed by atoms with E-state index in [4.69, 9.17) is 0 Å². The Labute approximate surface area is 182 Å². The molecular formula is C19H29FIN5S. The topological polar surface area (TPSA) is 52.6 Å². The highest BCUT2D eigenvalue weighted by atomic mass is 127. The number of nitrogens with one attached hydrogen (secondary N) is 2. The molecule has 0 aliphatic rings. The van der Waals surface area contributed by atoms with E-state index in [1.165, 1.54) is 10.9 Å². The molecule has 150 valence electrons. The van der Waals surface area contributed by atoms with Gasteiger partial charge in [0.05, 0.1) is 12.6 Å². The number of nitrogens with zero attached hydrogens (tertiary/aromatic N) is 3. The van der Waals surface area contributed by atoms with Crippen LogP contribution in [0, 0.1) is 5.82 Å². The standard InChI is InChI=1S/C19H28FN5S.HI/c1-5-16-11-22-18(26-16)13-24-19(21-6-2)23-12-17(25(3)4)14-8-7-9-15(20)10-14;/h7-11,17H,5-6,12-13H2,1-4H3,(H2,21,23,24);1H. The summed E-state index contributed by atoms with van der Waals surface area (Å²) in [6.07, 6.45) is 2.92. The summed E-state index contributed by atoms with van der Waals surface area (Å²) < 4.78 is 13.6. The Bertz CT molecular complexity index is 720. The quantitative estimate of drug-likeness (QED) is 0.326. The van der Waals surface area contributed by atoms with E-state index in [9.17, 15) is 4.39 Å². The highest BCUT2D eigenvalue weighted by Crippen LogP contribution is 2.18. The van der Waals surface area contributed by atoms with Crippen molar-refractivity contribution in [3.8, 4) is 0 Å². The molecule has 1 aromatic carbocycles. The second-order valence-electron chi connectivity index (χ2n) is 6.18. The van der Waals surface area contributed by atoms with E-state index in [2.05, 4.69) is 32.4 Å². The molecule has 0 aliphatic carbocycles. The van der Waals surface area contributed by atoms with Gasteiger partial charge in [0.15, 0.2) is 5.96 Å². The SMILES string of the molecule is CCNC(=NCc1ncc(CC)s1)NCC(c1cccc(F)c1)N(C)C.I. The Hall–Kier alpha value is -1.26. The van der Waals surface area contributed by atoms with Gasteiger partial charge >= 0.3 is 0 Å². The van der Waals surface area contributed by atoms with Crippen molar-refractivity contribution in [2.75, 3.05) is 27.2 Å². The molecule has 0 amide bonds. The van der Waals surface area contributed by atoms with Crippen molar-refractivity contribution in [1.82, 2.24) is 20.5 Å². The lowest BCUT2D eigenvalue weighted by molar-refractivity contribution is 0.297. The first-order chi connectivity index (χ1) is 12.5. The van der Waals surface area contributed by atoms with E-state index in [1.54, 1.807) is 23.5 Å². The van der Waals surface area contributed by atoms with Crippen LogP contribution in [0.15, 0.2) is 35.5 Å². The highest BCUT2D eigenvalue weighted by molar-refractivity contribution is 14.0. The van der Waals surface area contributed by atoms with Crippen LogP contribution in [-0.4, -0.2) is 43.0 Å². The molecule has 1 atom stereocenters. The maximum absolute atomic E-state index is 13.6. The maximum atomic E-state index is 13.6. The van der Waals surface area contributed by atoms with Gasteiger partial charge in [-0.05, 0) is 45.1 Å². The van der Waals surface area contributed by atoms with Crippen LogP contribution in [0.25, 0.3) is 0 Å². The fraction of sp³-hybridized carbons (Fsp3) is 0.474. The van der Waals surface area contributed by atoms with Gasteiger partial charge in [0.1, 0.15) is 10.8 Å². The number of hydrogen-bond acceptors (Lipinski definition) is 4. The summed E-state index contributed by atoms with van der Waals surface area (Å²) in [7, 11) is 3.98. The number of rotatable bonds is 8. The van der Waals surface area contributed by atoms with E-state index in [0.717, 1.165) is 29.5 Å². The summed E-state index contributed by atoms with van der Waals surface area (Å²) in [5.41, 5.74) is 0.936. The number of aliphatic imine (C=N–C) groups is 1. The van der Waals surface area contributed by atoms with Gasteiger partial charge in [-0.1, -0.05) is 19.1 Å². The number of hydrogen-bond donors (Lipinski definition) is 2. The van der Waals surface area contributed by atoms with Crippen LogP contribution in [-0.2, 0) is 13.0 Å². The lowest BCUT2D eigenvalue weighted by Gasteiger charge is -2.26. The van der Waals surface area contributed by atoms with Gasteiger partial charge in [-0.25, -0.2) is 14.4 Å². The number of halogens is 2. The van der Waals surface area contributed by atoms with E-state index in [1.807, 2.05) is 33.3 Å². The molecule has 1 unspecified atom stereocenters. The molecule has 0 saturated heterocycles. The van der Waals surface area contributed by atoms with Gasteiger partial charge in [-0.2, -0.15) is 0 Å². The zero-order valence-electron chi connectivity index (χ0n) is 16.3. The second kappa shape index (κ2) is 12.2. The number of guanidine groups is 1. The Morgan fingerprint density at radius 2 is 2.07 bits per heavy atom. The smallest absolute Gasteiger partial charge is 0.191 e. The Kier molecular flexibility index (Phi) is 10.8. The van der Waals surface area contributed by atoms with Crippen molar-refractivity contribution < 1.29 is 4.39 Å². The third-order valence-electron chi connectivity index (χ3n) is 3.99. The summed E-state index contributed by atoms with van der Waals surface area (Å²) in [5.74, 6) is 0.523. The highest BCUT2D eigenvalue weighted by Gasteiger charge is 2.15. The fourth-order valence-corrected chi connectivity index (χ4v) is 3.37. The van der Waals surface area contributed by atoms with Gasteiger partial charge in [0.2, 0.25) is 0 Å². The van der Waals surface area contributed by atoms with Crippen LogP contribution in [0.4, 0.5) is 4.39 Å². The van der Waals surface area contributed by atoms with E-state index in [-0.39, 0.29) is 35.8 Å². The van der Waals surface area contributed by atoms with Crippen molar-refractivity contribution in [2.45, 2.75) is 32.9 Å². The summed E-state index contributed by atoms with van der Waals surface area (Å²) in [5, 5.41) is 7.62. The number of benzene rings is 1. The van der Waals surface area contributed by atoms with Gasteiger partial charge in [-0.3, -0.25) is 0 Å². The molecule has 2 N–H and O–H groups in total. The molecule has 2 rings (SSSR count). The van der Waals surface area contributed by atoms with E-state index < -0.39 is 0 Å². The molecule has 5 nitrogen and oxygen atoms in total. The predicted octanol–water partition coefficient (Wildman–Crippen LogP) is 3.82. The van der Waals surface area contributed by atoms with Crippen LogP contribution in [0.3, 0.4) is 0 Å². The third kappa shape index (κ3) is 7.71. The molecular weight excluding hydrogens is 476 g/mol. The summed E-state index contributed by atoms with van der Waals surface area (Å²) in [6.45, 7) is 6.11. The minimum atomic E-state index is -0.217. The molecule has 27 heavy (non-hydrogen) atoms. The van der Waals surface area contributed by atoms with Crippen molar-refractivity contribution in [3.63, 3.8) is 0 Å². The molecule has 0 fully saturated rings. The van der Waals surface area contributed by atoms with Crippen LogP contribution in [0.1, 0.15) is 35.3 Å². The Balaban J connectivity index is 0.00000364. The summed E-state index contributed by atoms with van der Waals surface area (Å²) in [4.78, 5) is 12.4. The van der Waals surface area contributed by atoms with Crippen molar-refractivity contribution in [1.29, 1.82) is 0 Å². The van der Waals surface area contributed by atoms with Crippen LogP contribution < -0.4 is 10.6 Å². The molecule has 0 spiro atoms. The first-order valence-corrected chi connectivity index (χ1v) is 9.72. The molecule has 8 heteroatoms. The molecule has 1 heterocycles. The van der Waals surface area contributed by atoms with E-state index in [0.29, 0.717) is 13.1 Å². The van der Waals surface area contributed by atoms with Crippen LogP contribution in [0.2, 0.25) is 0 Å². The first-order valence-electron chi connectivity index (χ1n) is 8.91. The normalized spacial score (nSPS) is 12.6. The second-order valence-corrected chi connectivity index (χ2v) is 7.38. The van der Waals surface area contributed by atoms with Gasteiger partial charge in [-0.15, -0.1) is 35.3 Å². The van der Waals surface area contributed by atoms with Crippen LogP contribution in [0.5, 0.6) is 0 Å². The van der Waals surface area contributed by atoms with Gasteiger partial charge < -0.3 is 15.5 Å². The summed E-state index contributed by atoms with van der Waals surface area (Å²) >= 11 is 1.70. The predicted molar refractivity (Wildman–Crippen MR) is 123 cm³/mol. The zero-order valence-corrected chi connectivity index (χ0v) is 19.5. The van der Waals surface area contributed by atoms with Gasteiger partial charge in [0.25, 0.3) is 0 Å². The largest absolute Gasteiger partial charge is 0.357 e. The minimum Gasteiger partial charge on any atom is -0.357 e. The van der Waals surface area contributed by atoms with Crippen LogP contribution >= 0.6 is 35.3 Å². The number of aromatic nitrogens is 1. The average molecular weight is 505 g/mol. The zero-order chi connectivity index (χ0) is 18.9. The van der Waals surface area contributed by atoms with Crippen molar-refractivity contribution >= 4 is 41.3 Å². The van der Waals surface area contributed by atoms with E-state index >= 15 is 0 Å². The molecule has 0 saturated carbocycles. The maximum Gasteiger partial charge on any atom is 0.191 e. The summed E-state index contributed by atoms with van der Waals surface area (Å²) in [6, 6.07) is 6.78. The molecule has 0 aliphatic heterocycles. The number of thiazole rings is 1. The number of aryl methyl sites for hydroxylation is 1. The lowest BCUT2D eigenvalue weighted by Crippen LogP contribution is -2.41. The third-order valence-corrected chi connectivity index (χ3v) is 5.11. The Morgan fingerprint density at radius 1 is 1.30 bits per heavy atom. The van der Waals surface area contributed by atoms with Crippen molar-refractivity contribution in [3.05, 3.63) is 51.7 Å². The molecule has 1 aromatic heterocycles. The minimum absolute atomic E-state index is 0. The molecule has 0 radical (unpaired) electrons. The monoisotopic (exact) mass is 505 g/mol. The van der Waals surface area contributed by atoms with Crippen molar-refractivity contribution in [2.24, 2.45) is 4.99 Å². The van der Waals surface area contributed by atoms with Gasteiger partial charge in [0, 0.05) is 24.2 Å². The first kappa shape index (κ1) is 23.8. The lowest BCUT2D eigenvalue weighted by atomic mass is 10.1. The fourth-order valence-electron chi connectivity index (χ4n) is 2.58. The average Bonchev–Trinajstić information content (AvgIpc) is 3.07. The molecule has 2 aromatic rings. The Morgan fingerprint density at radius 3 is 2.67 bits per heavy atom. The number of likely N-dealkylation sites (N-methyl/N-ethyl adjacent to an activating group) is 1. The molecule has 0 bridgehead atoms.